The van der Waals surface area contributed by atoms with E-state index in [9.17, 15) is 10.1 Å². The summed E-state index contributed by atoms with van der Waals surface area (Å²) in [5, 5.41) is 13.4. The van der Waals surface area contributed by atoms with Crippen molar-refractivity contribution in [3.05, 3.63) is 34.4 Å². The van der Waals surface area contributed by atoms with Gasteiger partial charge in [0.1, 0.15) is 5.75 Å². The number of hydrogen-bond donors (Lipinski definition) is 1. The molecule has 2 rings (SSSR count). The van der Waals surface area contributed by atoms with E-state index < -0.39 is 21.0 Å². The van der Waals surface area contributed by atoms with Gasteiger partial charge in [0.2, 0.25) is 0 Å². The van der Waals surface area contributed by atoms with Crippen LogP contribution in [0.3, 0.4) is 0 Å². The average Bonchev–Trinajstić information content (AvgIpc) is 2.54. The Kier molecular flexibility index (Phi) is 3.01. The van der Waals surface area contributed by atoms with Crippen LogP contribution >= 0.6 is 34.8 Å². The van der Waals surface area contributed by atoms with Crippen LogP contribution in [0.1, 0.15) is 0 Å². The molecule has 0 aromatic heterocycles. The van der Waals surface area contributed by atoms with Gasteiger partial charge in [0, 0.05) is 4.92 Å². The lowest BCUT2D eigenvalue weighted by Gasteiger charge is -2.31. The molecule has 0 aliphatic carbocycles. The molecular formula is C9H7Cl3N2O3. The predicted molar refractivity (Wildman–Crippen MR) is 65.6 cm³/mol. The quantitative estimate of drug-likeness (QED) is 0.518. The Labute approximate surface area is 112 Å². The van der Waals surface area contributed by atoms with Crippen molar-refractivity contribution in [1.29, 1.82) is 0 Å². The van der Waals surface area contributed by atoms with E-state index in [2.05, 4.69) is 5.32 Å². The number of ether oxygens (including phenoxy) is 1. The Morgan fingerprint density at radius 3 is 2.59 bits per heavy atom. The smallest absolute Gasteiger partial charge is 0.292 e. The number of hydrogen-bond acceptors (Lipinski definition) is 4. The lowest BCUT2D eigenvalue weighted by atomic mass is 10.2. The van der Waals surface area contributed by atoms with Crippen LogP contribution in [0.5, 0.6) is 5.75 Å². The van der Waals surface area contributed by atoms with Crippen LogP contribution in [-0.2, 0) is 0 Å². The van der Waals surface area contributed by atoms with Gasteiger partial charge in [0.05, 0.1) is 5.69 Å². The van der Waals surface area contributed by atoms with Gasteiger partial charge in [-0.05, 0) is 12.1 Å². The fraction of sp³-hybridized carbons (Fsp3) is 0.333. The summed E-state index contributed by atoms with van der Waals surface area (Å²) < 4.78 is 3.45. The van der Waals surface area contributed by atoms with E-state index in [4.69, 9.17) is 39.5 Å². The zero-order valence-corrected chi connectivity index (χ0v) is 10.6. The largest absolute Gasteiger partial charge is 0.454 e. The van der Waals surface area contributed by atoms with Crippen LogP contribution in [0.25, 0.3) is 0 Å². The number of nitrogens with zero attached hydrogens (tertiary/aromatic N) is 1. The fourth-order valence-corrected chi connectivity index (χ4v) is 2.00. The molecule has 1 aromatic carbocycles. The van der Waals surface area contributed by atoms with Crippen LogP contribution in [-0.4, -0.2) is 21.0 Å². The van der Waals surface area contributed by atoms with E-state index in [0.717, 1.165) is 0 Å². The van der Waals surface area contributed by atoms with Gasteiger partial charge in [0.15, 0.2) is 0 Å². The number of nitro groups is 1. The van der Waals surface area contributed by atoms with Gasteiger partial charge < -0.3 is 10.1 Å². The van der Waals surface area contributed by atoms with Crippen molar-refractivity contribution in [1.82, 2.24) is 0 Å². The highest BCUT2D eigenvalue weighted by atomic mass is 35.6. The molecule has 0 amide bonds. The van der Waals surface area contributed by atoms with Crippen molar-refractivity contribution in [2.45, 2.75) is 9.52 Å². The predicted octanol–water partition coefficient (Wildman–Crippen LogP) is 2.83. The highest BCUT2D eigenvalue weighted by molar-refractivity contribution is 6.68. The van der Waals surface area contributed by atoms with Gasteiger partial charge in [-0.15, -0.1) is 0 Å². The molecular weight excluding hydrogens is 290 g/mol. The summed E-state index contributed by atoms with van der Waals surface area (Å²) in [6.07, 6.45) is 0. The first-order valence-electron chi connectivity index (χ1n) is 4.59. The zero-order valence-electron chi connectivity index (χ0n) is 8.32. The van der Waals surface area contributed by atoms with Crippen LogP contribution in [0.4, 0.5) is 5.69 Å². The van der Waals surface area contributed by atoms with Gasteiger partial charge in [0.25, 0.3) is 16.1 Å². The molecule has 0 saturated heterocycles. The second-order valence-corrected chi connectivity index (χ2v) is 5.82. The molecule has 0 saturated carbocycles. The number of alkyl halides is 3. The summed E-state index contributed by atoms with van der Waals surface area (Å²) in [7, 11) is 0. The molecule has 1 heterocycles. The summed E-state index contributed by atoms with van der Waals surface area (Å²) in [6, 6.07) is 6.80. The first-order chi connectivity index (χ1) is 7.84. The maximum atomic E-state index is 10.7. The fourth-order valence-electron chi connectivity index (χ4n) is 1.56. The second-order valence-electron chi connectivity index (χ2n) is 3.54. The average molecular weight is 298 g/mol. The Balaban J connectivity index is 2.38. The molecule has 0 bridgehead atoms. The molecule has 1 aliphatic heterocycles. The maximum absolute atomic E-state index is 10.7. The third-order valence-electron chi connectivity index (χ3n) is 2.32. The van der Waals surface area contributed by atoms with Crippen molar-refractivity contribution >= 4 is 40.5 Å². The molecule has 1 N–H and O–H groups in total. The molecule has 0 fully saturated rings. The van der Waals surface area contributed by atoms with Crippen molar-refractivity contribution in [2.24, 2.45) is 0 Å². The number of para-hydroxylation sites is 2. The third kappa shape index (κ3) is 2.22. The highest BCUT2D eigenvalue weighted by Crippen LogP contribution is 2.48. The summed E-state index contributed by atoms with van der Waals surface area (Å²) in [5.41, 5.74) is -1.13. The zero-order chi connectivity index (χ0) is 12.7. The molecule has 0 spiro atoms. The van der Waals surface area contributed by atoms with Gasteiger partial charge in [-0.1, -0.05) is 46.9 Å². The molecule has 92 valence electrons. The minimum atomic E-state index is -1.97. The van der Waals surface area contributed by atoms with Crippen molar-refractivity contribution < 1.29 is 9.66 Å². The summed E-state index contributed by atoms with van der Waals surface area (Å²) in [6.45, 7) is -0.668. The second kappa shape index (κ2) is 4.08. The monoisotopic (exact) mass is 296 g/mol. The van der Waals surface area contributed by atoms with E-state index in [-0.39, 0.29) is 0 Å². The Morgan fingerprint density at radius 2 is 2.06 bits per heavy atom. The number of benzene rings is 1. The third-order valence-corrected chi connectivity index (χ3v) is 3.23. The van der Waals surface area contributed by atoms with E-state index in [1.165, 1.54) is 0 Å². The minimum absolute atomic E-state index is 0.417. The minimum Gasteiger partial charge on any atom is -0.454 e. The molecule has 5 nitrogen and oxygen atoms in total. The number of anilines is 1. The summed E-state index contributed by atoms with van der Waals surface area (Å²) in [5.74, 6) is 0.417. The molecule has 8 heteroatoms. The first kappa shape index (κ1) is 12.5. The van der Waals surface area contributed by atoms with Gasteiger partial charge in [-0.2, -0.15) is 0 Å². The molecule has 1 aliphatic rings. The number of rotatable bonds is 2. The van der Waals surface area contributed by atoms with Crippen LogP contribution < -0.4 is 10.1 Å². The highest BCUT2D eigenvalue weighted by Gasteiger charge is 2.58. The van der Waals surface area contributed by atoms with E-state index in [0.29, 0.717) is 11.4 Å². The Morgan fingerprint density at radius 1 is 1.41 bits per heavy atom. The first-order valence-corrected chi connectivity index (χ1v) is 5.72. The van der Waals surface area contributed by atoms with E-state index in [1.807, 2.05) is 0 Å². The standard InChI is InChI=1S/C9H7Cl3N2O3/c10-9(11,12)8(5-14(15)16)13-6-3-1-2-4-7(6)17-8/h1-4,13H,5H2. The van der Waals surface area contributed by atoms with Crippen molar-refractivity contribution in [2.75, 3.05) is 11.9 Å². The van der Waals surface area contributed by atoms with Gasteiger partial charge >= 0.3 is 0 Å². The lowest BCUT2D eigenvalue weighted by molar-refractivity contribution is -0.496. The molecule has 0 radical (unpaired) electrons. The van der Waals surface area contributed by atoms with Gasteiger partial charge in [-0.3, -0.25) is 10.1 Å². The Bertz CT molecular complexity index is 436. The van der Waals surface area contributed by atoms with E-state index in [1.54, 1.807) is 24.3 Å². The number of halogens is 3. The van der Waals surface area contributed by atoms with Crippen molar-refractivity contribution in [3.63, 3.8) is 0 Å². The topological polar surface area (TPSA) is 64.4 Å². The normalized spacial score (nSPS) is 22.5. The molecule has 1 aromatic rings. The number of nitrogens with one attached hydrogen (secondary N) is 1. The van der Waals surface area contributed by atoms with Crippen LogP contribution in [0.2, 0.25) is 0 Å². The Hall–Kier alpha value is -0.910. The van der Waals surface area contributed by atoms with Crippen molar-refractivity contribution in [3.8, 4) is 5.75 Å². The SMILES string of the molecule is O=[N+]([O-])CC1(C(Cl)(Cl)Cl)Nc2ccccc2O1. The lowest BCUT2D eigenvalue weighted by Crippen LogP contribution is -2.57. The summed E-state index contributed by atoms with van der Waals surface area (Å²) >= 11 is 17.3. The molecule has 1 unspecified atom stereocenters. The van der Waals surface area contributed by atoms with Crippen LogP contribution in [0.15, 0.2) is 24.3 Å². The van der Waals surface area contributed by atoms with E-state index >= 15 is 0 Å². The number of fused-ring (bicyclic) bond motifs is 1. The summed E-state index contributed by atoms with van der Waals surface area (Å²) in [4.78, 5) is 10.1. The molecule has 1 atom stereocenters. The van der Waals surface area contributed by atoms with Gasteiger partial charge in [-0.25, -0.2) is 0 Å². The van der Waals surface area contributed by atoms with Crippen LogP contribution in [0, 0.1) is 10.1 Å². The molecule has 17 heavy (non-hydrogen) atoms. The maximum Gasteiger partial charge on any atom is 0.292 e.